The number of hydrogen-bond acceptors (Lipinski definition) is 0. The van der Waals surface area contributed by atoms with Crippen LogP contribution in [0.4, 0.5) is 0 Å². The minimum atomic E-state index is 1.03. The van der Waals surface area contributed by atoms with Crippen LogP contribution in [0.25, 0.3) is 0 Å². The average molecular weight is 589 g/mol. The third kappa shape index (κ3) is 31.4. The Morgan fingerprint density at radius 1 is 0.333 bits per heavy atom. The second-order valence-electron chi connectivity index (χ2n) is 14.3. The molecule has 0 nitrogen and oxygen atoms in total. The van der Waals surface area contributed by atoms with Crippen molar-refractivity contribution in [1.82, 2.24) is 0 Å². The van der Waals surface area contributed by atoms with Gasteiger partial charge in [-0.15, -0.1) is 0 Å². The molecule has 0 aromatic rings. The Labute approximate surface area is 270 Å². The van der Waals surface area contributed by atoms with Crippen LogP contribution in [0.3, 0.4) is 0 Å². The quantitative estimate of drug-likeness (QED) is 0.0762. The molecule has 0 amide bonds. The van der Waals surface area contributed by atoms with E-state index in [4.69, 9.17) is 0 Å². The second kappa shape index (κ2) is 37.2. The summed E-state index contributed by atoms with van der Waals surface area (Å²) in [6.45, 7) is 12.5. The Bertz CT molecular complexity index is 433. The summed E-state index contributed by atoms with van der Waals surface area (Å²) in [5, 5.41) is 0. The van der Waals surface area contributed by atoms with Crippen LogP contribution in [-0.2, 0) is 0 Å². The van der Waals surface area contributed by atoms with Crippen molar-refractivity contribution in [1.29, 1.82) is 0 Å². The Balaban J connectivity index is 0.000000800. The molecule has 2 unspecified atom stereocenters. The van der Waals surface area contributed by atoms with E-state index in [1.54, 1.807) is 0 Å². The molecule has 0 aromatic carbocycles. The lowest BCUT2D eigenvalue weighted by Gasteiger charge is -2.29. The molecule has 0 heterocycles. The first-order chi connectivity index (χ1) is 20.8. The minimum absolute atomic E-state index is 1.03. The lowest BCUT2D eigenvalue weighted by atomic mass is 9.76. The maximum atomic E-state index is 4.05. The van der Waals surface area contributed by atoms with Crippen molar-refractivity contribution in [3.63, 3.8) is 0 Å². The molecule has 0 aliphatic heterocycles. The molecule has 0 bridgehead atoms. The Morgan fingerprint density at radius 2 is 0.619 bits per heavy atom. The van der Waals surface area contributed by atoms with E-state index in [0.29, 0.717) is 0 Å². The topological polar surface area (TPSA) is 0 Å². The van der Waals surface area contributed by atoms with Gasteiger partial charge >= 0.3 is 0 Å². The van der Waals surface area contributed by atoms with E-state index in [9.17, 15) is 0 Å². The van der Waals surface area contributed by atoms with Crippen molar-refractivity contribution in [2.45, 2.75) is 245 Å². The van der Waals surface area contributed by atoms with Gasteiger partial charge in [0.25, 0.3) is 0 Å². The first kappa shape index (κ1) is 42.0. The normalized spacial score (nSPS) is 17.4. The summed E-state index contributed by atoms with van der Waals surface area (Å²) in [5.74, 6) is 2.08. The summed E-state index contributed by atoms with van der Waals surface area (Å²) < 4.78 is 0. The molecule has 0 N–H and O–H groups in total. The van der Waals surface area contributed by atoms with Crippen molar-refractivity contribution in [3.05, 3.63) is 13.8 Å². The van der Waals surface area contributed by atoms with Gasteiger partial charge in [-0.3, -0.25) is 0 Å². The predicted octanol–water partition coefficient (Wildman–Crippen LogP) is 16.0. The zero-order chi connectivity index (χ0) is 30.6. The zero-order valence-corrected chi connectivity index (χ0v) is 30.0. The molecule has 1 fully saturated rings. The van der Waals surface area contributed by atoms with E-state index < -0.39 is 0 Å². The third-order valence-corrected chi connectivity index (χ3v) is 10.2. The highest BCUT2D eigenvalue weighted by molar-refractivity contribution is 4.74. The van der Waals surface area contributed by atoms with Crippen molar-refractivity contribution < 1.29 is 0 Å². The molecule has 42 heavy (non-hydrogen) atoms. The Morgan fingerprint density at radius 3 is 0.952 bits per heavy atom. The van der Waals surface area contributed by atoms with Crippen LogP contribution in [0.15, 0.2) is 0 Å². The van der Waals surface area contributed by atoms with Gasteiger partial charge in [0.15, 0.2) is 0 Å². The van der Waals surface area contributed by atoms with Crippen molar-refractivity contribution >= 4 is 0 Å². The molecule has 2 atom stereocenters. The Kier molecular flexibility index (Phi) is 37.2. The maximum absolute atomic E-state index is 4.05. The third-order valence-electron chi connectivity index (χ3n) is 10.2. The van der Waals surface area contributed by atoms with Crippen LogP contribution >= 0.6 is 0 Å². The van der Waals surface area contributed by atoms with Gasteiger partial charge in [-0.25, -0.2) is 0 Å². The SMILES string of the molecule is [CH2]CCCC1CCCCCCC1CCCCCCCCC.[CH2]CCCCCCCCCCCCCCCCCCCC. The molecule has 252 valence electrons. The fraction of sp³-hybridized carbons (Fsp3) is 0.952. The molecule has 0 aromatic heterocycles. The van der Waals surface area contributed by atoms with Crippen LogP contribution in [0.1, 0.15) is 245 Å². The lowest BCUT2D eigenvalue weighted by Crippen LogP contribution is -2.17. The van der Waals surface area contributed by atoms with Crippen LogP contribution in [0, 0.1) is 25.7 Å². The van der Waals surface area contributed by atoms with Crippen molar-refractivity contribution in [3.8, 4) is 0 Å². The first-order valence-electron chi connectivity index (χ1n) is 20.4. The molecule has 0 saturated heterocycles. The molecule has 0 heteroatoms. The van der Waals surface area contributed by atoms with Crippen LogP contribution < -0.4 is 0 Å². The smallest absolute Gasteiger partial charge is 0.0386 e. The number of hydrogen-bond donors (Lipinski definition) is 0. The van der Waals surface area contributed by atoms with Gasteiger partial charge in [0.1, 0.15) is 0 Å². The molecule has 2 radical (unpaired) electrons. The van der Waals surface area contributed by atoms with E-state index in [2.05, 4.69) is 27.7 Å². The van der Waals surface area contributed by atoms with Crippen LogP contribution in [0.2, 0.25) is 0 Å². The second-order valence-corrected chi connectivity index (χ2v) is 14.3. The molecular formula is C42H84. The summed E-state index contributed by atoms with van der Waals surface area (Å²) in [7, 11) is 0. The van der Waals surface area contributed by atoms with Crippen LogP contribution in [-0.4, -0.2) is 0 Å². The predicted molar refractivity (Wildman–Crippen MR) is 195 cm³/mol. The molecular weight excluding hydrogens is 504 g/mol. The molecule has 1 aliphatic carbocycles. The summed E-state index contributed by atoms with van der Waals surface area (Å²) in [6.07, 6.45) is 52.0. The lowest BCUT2D eigenvalue weighted by molar-refractivity contribution is 0.225. The maximum Gasteiger partial charge on any atom is -0.0386 e. The number of rotatable bonds is 29. The fourth-order valence-electron chi connectivity index (χ4n) is 7.25. The van der Waals surface area contributed by atoms with Gasteiger partial charge in [0, 0.05) is 0 Å². The van der Waals surface area contributed by atoms with Crippen molar-refractivity contribution in [2.24, 2.45) is 11.8 Å². The highest BCUT2D eigenvalue weighted by Gasteiger charge is 2.21. The highest BCUT2D eigenvalue weighted by atomic mass is 14.3. The van der Waals surface area contributed by atoms with E-state index in [1.165, 1.54) is 218 Å². The van der Waals surface area contributed by atoms with Crippen molar-refractivity contribution in [2.75, 3.05) is 0 Å². The van der Waals surface area contributed by atoms with Gasteiger partial charge in [-0.1, -0.05) is 259 Å². The van der Waals surface area contributed by atoms with E-state index in [-0.39, 0.29) is 0 Å². The molecule has 0 spiro atoms. The number of unbranched alkanes of at least 4 members (excludes halogenated alkanes) is 25. The highest BCUT2D eigenvalue weighted by Crippen LogP contribution is 2.35. The van der Waals surface area contributed by atoms with Crippen LogP contribution in [0.5, 0.6) is 0 Å². The summed E-state index contributed by atoms with van der Waals surface area (Å²) in [4.78, 5) is 0. The Hall–Kier alpha value is 0. The standard InChI is InChI=1S/C21H41.C21H43/c1-3-5-7-8-9-10-13-18-21-19-15-12-11-14-17-20(21)16-6-4-2;1-3-5-7-9-11-13-15-17-19-21-20-18-16-14-12-10-8-6-4-2/h20-21H,2-19H2,1H3;1,3-21H2,2H3. The average Bonchev–Trinajstić information content (AvgIpc) is 2.99. The summed E-state index contributed by atoms with van der Waals surface area (Å²) >= 11 is 0. The molecule has 1 rings (SSSR count). The van der Waals surface area contributed by atoms with Gasteiger partial charge in [-0.2, -0.15) is 0 Å². The summed E-state index contributed by atoms with van der Waals surface area (Å²) in [5.41, 5.74) is 0. The summed E-state index contributed by atoms with van der Waals surface area (Å²) in [6, 6.07) is 0. The minimum Gasteiger partial charge on any atom is -0.0654 e. The van der Waals surface area contributed by atoms with Gasteiger partial charge < -0.3 is 0 Å². The van der Waals surface area contributed by atoms with E-state index in [0.717, 1.165) is 24.7 Å². The fourth-order valence-corrected chi connectivity index (χ4v) is 7.25. The van der Waals surface area contributed by atoms with E-state index >= 15 is 0 Å². The van der Waals surface area contributed by atoms with Gasteiger partial charge in [0.2, 0.25) is 0 Å². The van der Waals surface area contributed by atoms with Gasteiger partial charge in [-0.05, 0) is 11.8 Å². The first-order valence-corrected chi connectivity index (χ1v) is 20.4. The van der Waals surface area contributed by atoms with E-state index in [1.807, 2.05) is 0 Å². The molecule has 1 saturated carbocycles. The molecule has 1 aliphatic rings. The zero-order valence-electron chi connectivity index (χ0n) is 30.0. The largest absolute Gasteiger partial charge is 0.0654 e. The monoisotopic (exact) mass is 589 g/mol. The van der Waals surface area contributed by atoms with Gasteiger partial charge in [0.05, 0.1) is 0 Å².